The van der Waals surface area contributed by atoms with Crippen molar-refractivity contribution in [3.63, 3.8) is 0 Å². The minimum atomic E-state index is -0.283. The number of hydrogen-bond donors (Lipinski definition) is 2. The molecule has 9 nitrogen and oxygen atoms in total. The van der Waals surface area contributed by atoms with Crippen LogP contribution in [0.1, 0.15) is 65.1 Å². The van der Waals surface area contributed by atoms with E-state index < -0.39 is 0 Å². The largest absolute Gasteiger partial charge is 0.504 e. The van der Waals surface area contributed by atoms with Gasteiger partial charge in [0, 0.05) is 44.0 Å². The highest BCUT2D eigenvalue weighted by Crippen LogP contribution is 2.40. The lowest BCUT2D eigenvalue weighted by molar-refractivity contribution is -0.121. The van der Waals surface area contributed by atoms with Crippen LogP contribution in [0, 0.1) is 0 Å². The average molecular weight is 560 g/mol. The van der Waals surface area contributed by atoms with Gasteiger partial charge in [-0.3, -0.25) is 14.5 Å². The van der Waals surface area contributed by atoms with Crippen molar-refractivity contribution in [3.05, 3.63) is 70.7 Å². The minimum absolute atomic E-state index is 0.00467. The first-order valence-corrected chi connectivity index (χ1v) is 14.5. The number of nitrogens with one attached hydrogen (secondary N) is 1. The smallest absolute Gasteiger partial charge is 0.289 e. The molecule has 2 aromatic carbocycles. The number of furan rings is 1. The number of carbonyl (C=O) groups excluding carboxylic acids is 2. The van der Waals surface area contributed by atoms with Crippen molar-refractivity contribution < 1.29 is 28.6 Å². The fourth-order valence-corrected chi connectivity index (χ4v) is 6.25. The molecule has 3 aliphatic rings. The number of ether oxygens (including phenoxy) is 2. The highest BCUT2D eigenvalue weighted by molar-refractivity contribution is 5.92. The van der Waals surface area contributed by atoms with Crippen molar-refractivity contribution in [2.45, 2.75) is 57.5 Å². The lowest BCUT2D eigenvalue weighted by atomic mass is 9.93. The molecule has 0 spiro atoms. The van der Waals surface area contributed by atoms with E-state index in [0.29, 0.717) is 42.5 Å². The maximum absolute atomic E-state index is 13.8. The number of rotatable bonds is 5. The van der Waals surface area contributed by atoms with Gasteiger partial charge in [-0.15, -0.1) is 0 Å². The first kappa shape index (κ1) is 27.2. The number of amides is 2. The second-order valence-electron chi connectivity index (χ2n) is 11.2. The Hall–Kier alpha value is -3.98. The Morgan fingerprint density at radius 1 is 1.07 bits per heavy atom. The Morgan fingerprint density at radius 2 is 1.90 bits per heavy atom. The summed E-state index contributed by atoms with van der Waals surface area (Å²) in [6.45, 7) is 5.78. The number of likely N-dealkylation sites (tertiary alicyclic amines) is 2. The molecule has 3 aliphatic heterocycles. The first-order valence-electron chi connectivity index (χ1n) is 14.5. The van der Waals surface area contributed by atoms with Gasteiger partial charge in [0.25, 0.3) is 5.91 Å². The van der Waals surface area contributed by atoms with Gasteiger partial charge in [0.15, 0.2) is 28.8 Å². The molecule has 9 heteroatoms. The van der Waals surface area contributed by atoms with Crippen molar-refractivity contribution in [3.8, 4) is 23.0 Å². The zero-order chi connectivity index (χ0) is 28.5. The van der Waals surface area contributed by atoms with Gasteiger partial charge in [-0.1, -0.05) is 19.1 Å². The number of carbonyl (C=O) groups is 2. The molecule has 4 heterocycles. The van der Waals surface area contributed by atoms with Crippen LogP contribution in [-0.2, 0) is 24.2 Å². The monoisotopic (exact) mass is 559 g/mol. The first-order chi connectivity index (χ1) is 19.9. The third-order valence-electron chi connectivity index (χ3n) is 8.48. The number of hydrogen-bond acceptors (Lipinski definition) is 7. The zero-order valence-corrected chi connectivity index (χ0v) is 23.7. The molecular formula is C32H37N3O6. The summed E-state index contributed by atoms with van der Waals surface area (Å²) in [5.41, 5.74) is 2.85. The van der Waals surface area contributed by atoms with Gasteiger partial charge in [0.2, 0.25) is 5.91 Å². The van der Waals surface area contributed by atoms with Gasteiger partial charge >= 0.3 is 0 Å². The van der Waals surface area contributed by atoms with E-state index in [1.807, 2.05) is 31.2 Å². The summed E-state index contributed by atoms with van der Waals surface area (Å²) in [4.78, 5) is 31.0. The quantitative estimate of drug-likeness (QED) is 0.470. The van der Waals surface area contributed by atoms with Crippen molar-refractivity contribution >= 4 is 11.8 Å². The molecule has 3 aromatic rings. The number of aromatic hydroxyl groups is 1. The van der Waals surface area contributed by atoms with Crippen molar-refractivity contribution in [2.24, 2.45) is 0 Å². The predicted molar refractivity (Wildman–Crippen MR) is 153 cm³/mol. The van der Waals surface area contributed by atoms with Gasteiger partial charge in [0.05, 0.1) is 13.2 Å². The summed E-state index contributed by atoms with van der Waals surface area (Å²) in [6.07, 6.45) is 3.91. The van der Waals surface area contributed by atoms with E-state index in [1.165, 1.54) is 12.8 Å². The SMILES string of the molecule is CCc1oc(C(=O)N2C[C@H]3NC(=O)CCc4ccc(O)c(c4)Oc4cc(ccc4OC)[C@@H]3C2)cc1CN1CCCC1. The van der Waals surface area contributed by atoms with E-state index in [4.69, 9.17) is 13.9 Å². The topological polar surface area (TPSA) is 104 Å². The zero-order valence-electron chi connectivity index (χ0n) is 23.7. The van der Waals surface area contributed by atoms with E-state index in [-0.39, 0.29) is 35.9 Å². The van der Waals surface area contributed by atoms with Crippen LogP contribution in [0.3, 0.4) is 0 Å². The summed E-state index contributed by atoms with van der Waals surface area (Å²) in [5, 5.41) is 13.6. The van der Waals surface area contributed by atoms with Crippen molar-refractivity contribution in [1.82, 2.24) is 15.1 Å². The van der Waals surface area contributed by atoms with Crippen LogP contribution in [0.5, 0.6) is 23.0 Å². The van der Waals surface area contributed by atoms with E-state index in [1.54, 1.807) is 30.2 Å². The van der Waals surface area contributed by atoms with Gasteiger partial charge in [-0.25, -0.2) is 0 Å². The lowest BCUT2D eigenvalue weighted by Crippen LogP contribution is -2.40. The standard InChI is InChI=1S/C32H37N3O6/c1-3-26-22(17-34-12-4-5-13-34)16-30(40-26)32(38)35-18-23-21-8-10-27(39-2)29(15-21)41-28-14-20(6-9-25(28)36)7-11-31(37)33-24(23)19-35/h6,8-10,14-16,23-24,36H,3-5,7,11-13,17-19H2,1-2H3,(H,33,37)/t23-,24+/m0/s1. The molecule has 0 unspecified atom stereocenters. The molecule has 41 heavy (non-hydrogen) atoms. The molecule has 2 amide bonds. The second-order valence-corrected chi connectivity index (χ2v) is 11.2. The van der Waals surface area contributed by atoms with Gasteiger partial charge in [-0.05, 0) is 73.8 Å². The second kappa shape index (κ2) is 11.5. The van der Waals surface area contributed by atoms with Gasteiger partial charge in [0.1, 0.15) is 5.76 Å². The highest BCUT2D eigenvalue weighted by atomic mass is 16.5. The van der Waals surface area contributed by atoms with Crippen LogP contribution < -0.4 is 14.8 Å². The van der Waals surface area contributed by atoms with Crippen LogP contribution in [-0.4, -0.2) is 66.1 Å². The Labute approximate surface area is 240 Å². The maximum atomic E-state index is 13.8. The molecular weight excluding hydrogens is 522 g/mol. The number of phenols is 1. The molecule has 0 aliphatic carbocycles. The number of fused-ring (bicyclic) bond motifs is 6. The summed E-state index contributed by atoms with van der Waals surface area (Å²) < 4.78 is 17.8. The summed E-state index contributed by atoms with van der Waals surface area (Å²) in [6, 6.07) is 12.4. The molecule has 4 bridgehead atoms. The number of methoxy groups -OCH3 is 1. The molecule has 0 saturated carbocycles. The van der Waals surface area contributed by atoms with Crippen LogP contribution in [0.4, 0.5) is 0 Å². The highest BCUT2D eigenvalue weighted by Gasteiger charge is 2.39. The van der Waals surface area contributed by atoms with Crippen LogP contribution in [0.2, 0.25) is 0 Å². The van der Waals surface area contributed by atoms with Crippen LogP contribution >= 0.6 is 0 Å². The van der Waals surface area contributed by atoms with E-state index in [9.17, 15) is 14.7 Å². The lowest BCUT2D eigenvalue weighted by Gasteiger charge is -2.21. The molecule has 6 rings (SSSR count). The van der Waals surface area contributed by atoms with Crippen molar-refractivity contribution in [2.75, 3.05) is 33.3 Å². The molecule has 2 atom stereocenters. The molecule has 1 aromatic heterocycles. The normalized spacial score (nSPS) is 20.8. The number of aryl methyl sites for hydroxylation is 2. The van der Waals surface area contributed by atoms with E-state index in [0.717, 1.165) is 48.5 Å². The fourth-order valence-electron chi connectivity index (χ4n) is 6.25. The summed E-state index contributed by atoms with van der Waals surface area (Å²) in [7, 11) is 1.57. The van der Waals surface area contributed by atoms with Gasteiger partial charge < -0.3 is 29.2 Å². The molecule has 2 saturated heterocycles. The van der Waals surface area contributed by atoms with E-state index >= 15 is 0 Å². The number of benzene rings is 2. The Kier molecular flexibility index (Phi) is 7.62. The summed E-state index contributed by atoms with van der Waals surface area (Å²) >= 11 is 0. The molecule has 0 radical (unpaired) electrons. The fraction of sp³-hybridized carbons (Fsp3) is 0.438. The number of nitrogens with zero attached hydrogens (tertiary/aromatic N) is 2. The van der Waals surface area contributed by atoms with E-state index in [2.05, 4.69) is 10.2 Å². The van der Waals surface area contributed by atoms with Crippen LogP contribution in [0.25, 0.3) is 0 Å². The maximum Gasteiger partial charge on any atom is 0.289 e. The van der Waals surface area contributed by atoms with Gasteiger partial charge in [-0.2, -0.15) is 0 Å². The third-order valence-corrected chi connectivity index (χ3v) is 8.48. The third kappa shape index (κ3) is 5.63. The predicted octanol–water partition coefficient (Wildman–Crippen LogP) is 4.61. The van der Waals surface area contributed by atoms with Crippen molar-refractivity contribution in [1.29, 1.82) is 0 Å². The molecule has 216 valence electrons. The Morgan fingerprint density at radius 3 is 2.68 bits per heavy atom. The molecule has 2 N–H and O–H groups in total. The number of phenolic OH excluding ortho intramolecular Hbond substituents is 1. The Bertz CT molecular complexity index is 1440. The summed E-state index contributed by atoms with van der Waals surface area (Å²) in [5.74, 6) is 2.07. The average Bonchev–Trinajstić information content (AvgIpc) is 3.73. The minimum Gasteiger partial charge on any atom is -0.504 e. The Balaban J connectivity index is 1.30. The molecule has 2 fully saturated rings. The van der Waals surface area contributed by atoms with Crippen LogP contribution in [0.15, 0.2) is 46.9 Å².